The van der Waals surface area contributed by atoms with Crippen molar-refractivity contribution in [2.45, 2.75) is 38.8 Å². The molecular weight excluding hydrogens is 252 g/mol. The summed E-state index contributed by atoms with van der Waals surface area (Å²) >= 11 is 5.94. The van der Waals surface area contributed by atoms with Crippen molar-refractivity contribution < 1.29 is 9.90 Å². The molecule has 0 spiro atoms. The lowest BCUT2D eigenvalue weighted by molar-refractivity contribution is 0.00185. The lowest BCUT2D eigenvalue weighted by Gasteiger charge is -2.37. The third-order valence-corrected chi connectivity index (χ3v) is 3.41. The van der Waals surface area contributed by atoms with Crippen LogP contribution in [0.2, 0.25) is 5.02 Å². The normalized spacial score (nSPS) is 12.1. The van der Waals surface area contributed by atoms with Gasteiger partial charge in [0.2, 0.25) is 0 Å². The fourth-order valence-corrected chi connectivity index (χ4v) is 1.34. The van der Waals surface area contributed by atoms with Crippen LogP contribution in [0.3, 0.4) is 0 Å². The zero-order chi connectivity index (χ0) is 14.0. The molecule has 3 N–H and O–H groups in total. The van der Waals surface area contributed by atoms with Gasteiger partial charge in [-0.1, -0.05) is 23.7 Å². The van der Waals surface area contributed by atoms with E-state index in [4.69, 9.17) is 11.6 Å². The molecule has 0 unspecified atom stereocenters. The maximum absolute atomic E-state index is 11.8. The Bertz CT molecular complexity index is 439. The van der Waals surface area contributed by atoms with E-state index in [2.05, 4.69) is 10.6 Å². The van der Waals surface area contributed by atoms with Crippen molar-refractivity contribution in [2.75, 3.05) is 5.32 Å². The maximum Gasteiger partial charge on any atom is 0.319 e. The van der Waals surface area contributed by atoms with E-state index in [1.54, 1.807) is 52.0 Å². The first kappa shape index (κ1) is 14.8. The zero-order valence-electron chi connectivity index (χ0n) is 11.0. The smallest absolute Gasteiger partial charge is 0.319 e. The molecule has 0 atom stereocenters. The summed E-state index contributed by atoms with van der Waals surface area (Å²) in [7, 11) is 0. The van der Waals surface area contributed by atoms with Gasteiger partial charge in [0.15, 0.2) is 0 Å². The molecule has 0 bridgehead atoms. The van der Waals surface area contributed by atoms with E-state index < -0.39 is 17.2 Å². The van der Waals surface area contributed by atoms with Crippen molar-refractivity contribution in [3.05, 3.63) is 29.3 Å². The van der Waals surface area contributed by atoms with Crippen molar-refractivity contribution in [2.24, 2.45) is 0 Å². The number of hydrogen-bond acceptors (Lipinski definition) is 2. The number of amides is 2. The molecule has 0 saturated carbocycles. The predicted octanol–water partition coefficient (Wildman–Crippen LogP) is 3.01. The minimum atomic E-state index is -1.04. The predicted molar refractivity (Wildman–Crippen MR) is 74.0 cm³/mol. The molecule has 1 aromatic rings. The van der Waals surface area contributed by atoms with Gasteiger partial charge in [0.05, 0.1) is 21.8 Å². The van der Waals surface area contributed by atoms with Gasteiger partial charge in [-0.25, -0.2) is 4.79 Å². The molecule has 100 valence electrons. The van der Waals surface area contributed by atoms with E-state index in [0.717, 1.165) is 0 Å². The van der Waals surface area contributed by atoms with Crippen LogP contribution in [0.15, 0.2) is 24.3 Å². The molecule has 0 aromatic heterocycles. The molecule has 1 rings (SSSR count). The highest BCUT2D eigenvalue weighted by Gasteiger charge is 2.36. The van der Waals surface area contributed by atoms with E-state index in [9.17, 15) is 9.90 Å². The van der Waals surface area contributed by atoms with E-state index in [1.165, 1.54) is 0 Å². The number of halogens is 1. The monoisotopic (exact) mass is 270 g/mol. The largest absolute Gasteiger partial charge is 0.388 e. The van der Waals surface area contributed by atoms with Gasteiger partial charge in [-0.2, -0.15) is 0 Å². The Labute approximate surface area is 112 Å². The number of rotatable bonds is 3. The summed E-state index contributed by atoms with van der Waals surface area (Å²) in [5.41, 5.74) is -1.27. The summed E-state index contributed by atoms with van der Waals surface area (Å²) in [5, 5.41) is 15.8. The molecule has 0 aliphatic heterocycles. The fourth-order valence-electron chi connectivity index (χ4n) is 1.15. The summed E-state index contributed by atoms with van der Waals surface area (Å²) in [6, 6.07) is 6.56. The lowest BCUT2D eigenvalue weighted by Crippen LogP contribution is -2.58. The van der Waals surface area contributed by atoms with Crippen LogP contribution in [0.25, 0.3) is 0 Å². The minimum absolute atomic E-state index is 0.407. The van der Waals surface area contributed by atoms with Gasteiger partial charge in [0, 0.05) is 0 Å². The molecule has 0 aliphatic carbocycles. The highest BCUT2D eigenvalue weighted by atomic mass is 35.5. The molecule has 0 fully saturated rings. The van der Waals surface area contributed by atoms with Gasteiger partial charge >= 0.3 is 6.03 Å². The summed E-state index contributed by atoms with van der Waals surface area (Å²) in [6.07, 6.45) is 0. The number of carbonyl (C=O) groups is 1. The van der Waals surface area contributed by atoms with Crippen LogP contribution in [0, 0.1) is 0 Å². The number of benzene rings is 1. The van der Waals surface area contributed by atoms with Gasteiger partial charge in [-0.3, -0.25) is 0 Å². The zero-order valence-corrected chi connectivity index (χ0v) is 11.8. The van der Waals surface area contributed by atoms with Crippen LogP contribution in [0.5, 0.6) is 0 Å². The third-order valence-electron chi connectivity index (χ3n) is 3.08. The van der Waals surface area contributed by atoms with Crippen molar-refractivity contribution in [3.8, 4) is 0 Å². The molecule has 18 heavy (non-hydrogen) atoms. The number of hydrogen-bond donors (Lipinski definition) is 3. The van der Waals surface area contributed by atoms with Crippen molar-refractivity contribution >= 4 is 23.3 Å². The molecule has 0 radical (unpaired) electrons. The molecule has 5 heteroatoms. The number of urea groups is 1. The van der Waals surface area contributed by atoms with Crippen LogP contribution in [0.1, 0.15) is 27.7 Å². The summed E-state index contributed by atoms with van der Waals surface area (Å²) in [5.74, 6) is 0. The SMILES string of the molecule is CC(C)(O)C(C)(C)NC(=O)Nc1ccccc1Cl. The Morgan fingerprint density at radius 2 is 1.78 bits per heavy atom. The van der Waals surface area contributed by atoms with Crippen LogP contribution in [-0.4, -0.2) is 22.3 Å². The van der Waals surface area contributed by atoms with E-state index in [-0.39, 0.29) is 0 Å². The highest BCUT2D eigenvalue weighted by molar-refractivity contribution is 6.33. The topological polar surface area (TPSA) is 61.4 Å². The highest BCUT2D eigenvalue weighted by Crippen LogP contribution is 2.22. The summed E-state index contributed by atoms with van der Waals surface area (Å²) in [4.78, 5) is 11.8. The third kappa shape index (κ3) is 3.62. The minimum Gasteiger partial charge on any atom is -0.388 e. The summed E-state index contributed by atoms with van der Waals surface area (Å²) in [6.45, 7) is 6.78. The van der Waals surface area contributed by atoms with Gasteiger partial charge in [0.1, 0.15) is 0 Å². The van der Waals surface area contributed by atoms with E-state index in [1.807, 2.05) is 0 Å². The van der Waals surface area contributed by atoms with Gasteiger partial charge in [-0.05, 0) is 39.8 Å². The first-order valence-electron chi connectivity index (χ1n) is 5.69. The Hall–Kier alpha value is -1.26. The average molecular weight is 271 g/mol. The Morgan fingerprint density at radius 1 is 1.22 bits per heavy atom. The van der Waals surface area contributed by atoms with Crippen molar-refractivity contribution in [1.82, 2.24) is 5.32 Å². The second kappa shape index (κ2) is 5.16. The average Bonchev–Trinajstić information content (AvgIpc) is 2.19. The molecule has 0 heterocycles. The first-order chi connectivity index (χ1) is 8.13. The molecule has 0 saturated heterocycles. The second-order valence-corrected chi connectivity index (χ2v) is 5.65. The van der Waals surface area contributed by atoms with Gasteiger partial charge < -0.3 is 15.7 Å². The number of carbonyl (C=O) groups excluding carboxylic acids is 1. The Kier molecular flexibility index (Phi) is 4.24. The standard InChI is InChI=1S/C13H19ClN2O2/c1-12(2,13(3,4)18)16-11(17)15-10-8-6-5-7-9(10)14/h5-8,18H,1-4H3,(H2,15,16,17). The van der Waals surface area contributed by atoms with Crippen LogP contribution in [0.4, 0.5) is 10.5 Å². The quantitative estimate of drug-likeness (QED) is 0.791. The Morgan fingerprint density at radius 3 is 2.28 bits per heavy atom. The van der Waals surface area contributed by atoms with E-state index in [0.29, 0.717) is 10.7 Å². The second-order valence-electron chi connectivity index (χ2n) is 5.24. The first-order valence-corrected chi connectivity index (χ1v) is 6.07. The maximum atomic E-state index is 11.8. The molecule has 2 amide bonds. The number of anilines is 1. The Balaban J connectivity index is 2.72. The molecule has 0 aliphatic rings. The summed E-state index contributed by atoms with van der Waals surface area (Å²) < 4.78 is 0. The number of para-hydroxylation sites is 1. The molecule has 1 aromatic carbocycles. The van der Waals surface area contributed by atoms with E-state index >= 15 is 0 Å². The lowest BCUT2D eigenvalue weighted by atomic mass is 9.86. The van der Waals surface area contributed by atoms with Crippen LogP contribution >= 0.6 is 11.6 Å². The molecular formula is C13H19ClN2O2. The fraction of sp³-hybridized carbons (Fsp3) is 0.462. The van der Waals surface area contributed by atoms with Crippen LogP contribution < -0.4 is 10.6 Å². The van der Waals surface area contributed by atoms with Crippen LogP contribution in [-0.2, 0) is 0 Å². The number of nitrogens with one attached hydrogen (secondary N) is 2. The van der Waals surface area contributed by atoms with Gasteiger partial charge in [0.25, 0.3) is 0 Å². The van der Waals surface area contributed by atoms with Crippen molar-refractivity contribution in [3.63, 3.8) is 0 Å². The van der Waals surface area contributed by atoms with Gasteiger partial charge in [-0.15, -0.1) is 0 Å². The number of aliphatic hydroxyl groups is 1. The van der Waals surface area contributed by atoms with Crippen molar-refractivity contribution in [1.29, 1.82) is 0 Å². The molecule has 4 nitrogen and oxygen atoms in total.